The van der Waals surface area contributed by atoms with Crippen molar-refractivity contribution in [2.24, 2.45) is 0 Å². The summed E-state index contributed by atoms with van der Waals surface area (Å²) in [5.41, 5.74) is 0.0608. The van der Waals surface area contributed by atoms with E-state index in [-0.39, 0.29) is 16.6 Å². The van der Waals surface area contributed by atoms with E-state index < -0.39 is 4.92 Å². The Labute approximate surface area is 109 Å². The number of hydrogen-bond acceptors (Lipinski definition) is 4. The number of amides is 1. The van der Waals surface area contributed by atoms with E-state index in [4.69, 9.17) is 11.6 Å². The zero-order chi connectivity index (χ0) is 13.1. The largest absolute Gasteiger partial charge is 0.336 e. The summed E-state index contributed by atoms with van der Waals surface area (Å²) in [6.45, 7) is 2.69. The Morgan fingerprint density at radius 2 is 2.06 bits per heavy atom. The SMILES string of the molecule is O=C(c1ccc(Cl)c([N+](=O)[O-])c1)N1CCNCC1. The van der Waals surface area contributed by atoms with Gasteiger partial charge in [0.2, 0.25) is 0 Å². The molecule has 0 bridgehead atoms. The van der Waals surface area contributed by atoms with Gasteiger partial charge in [0.05, 0.1) is 4.92 Å². The number of carbonyl (C=O) groups excluding carboxylic acids is 1. The van der Waals surface area contributed by atoms with Crippen LogP contribution in [-0.2, 0) is 0 Å². The van der Waals surface area contributed by atoms with Gasteiger partial charge in [0.25, 0.3) is 11.6 Å². The standard InChI is InChI=1S/C11H12ClN3O3/c12-9-2-1-8(7-10(9)15(17)18)11(16)14-5-3-13-4-6-14/h1-2,7,13H,3-6H2. The summed E-state index contributed by atoms with van der Waals surface area (Å²) in [6.07, 6.45) is 0. The second-order valence-corrected chi connectivity index (χ2v) is 4.37. The Kier molecular flexibility index (Phi) is 3.78. The average Bonchev–Trinajstić information content (AvgIpc) is 2.39. The van der Waals surface area contributed by atoms with Gasteiger partial charge in [-0.1, -0.05) is 11.6 Å². The number of piperazine rings is 1. The molecule has 0 atom stereocenters. The number of nitro groups is 1. The smallest absolute Gasteiger partial charge is 0.288 e. The molecule has 1 heterocycles. The number of rotatable bonds is 2. The lowest BCUT2D eigenvalue weighted by atomic mass is 10.1. The number of nitro benzene ring substituents is 1. The van der Waals surface area contributed by atoms with E-state index in [0.717, 1.165) is 13.1 Å². The minimum atomic E-state index is -0.586. The predicted octanol–water partition coefficient (Wildman–Crippen LogP) is 1.29. The maximum atomic E-state index is 12.1. The summed E-state index contributed by atoms with van der Waals surface area (Å²) in [5, 5.41) is 13.9. The molecule has 6 nitrogen and oxygen atoms in total. The molecule has 7 heteroatoms. The van der Waals surface area contributed by atoms with Gasteiger partial charge < -0.3 is 10.2 Å². The fourth-order valence-corrected chi connectivity index (χ4v) is 2.02. The van der Waals surface area contributed by atoms with E-state index in [9.17, 15) is 14.9 Å². The summed E-state index contributed by atoms with van der Waals surface area (Å²) in [7, 11) is 0. The van der Waals surface area contributed by atoms with Gasteiger partial charge in [0.15, 0.2) is 0 Å². The van der Waals surface area contributed by atoms with Crippen molar-refractivity contribution in [2.45, 2.75) is 0 Å². The predicted molar refractivity (Wildman–Crippen MR) is 66.9 cm³/mol. The number of carbonyl (C=O) groups is 1. The molecular weight excluding hydrogens is 258 g/mol. The second kappa shape index (κ2) is 5.32. The number of halogens is 1. The van der Waals surface area contributed by atoms with E-state index in [1.807, 2.05) is 0 Å². The third-order valence-corrected chi connectivity index (χ3v) is 3.11. The Balaban J connectivity index is 2.24. The van der Waals surface area contributed by atoms with Crippen LogP contribution in [0.2, 0.25) is 5.02 Å². The third kappa shape index (κ3) is 2.60. The molecule has 18 heavy (non-hydrogen) atoms. The van der Waals surface area contributed by atoms with Crippen molar-refractivity contribution in [2.75, 3.05) is 26.2 Å². The lowest BCUT2D eigenvalue weighted by Gasteiger charge is -2.27. The van der Waals surface area contributed by atoms with Crippen LogP contribution in [0.5, 0.6) is 0 Å². The van der Waals surface area contributed by atoms with E-state index in [2.05, 4.69) is 5.32 Å². The first kappa shape index (κ1) is 12.8. The Bertz CT molecular complexity index is 486. The quantitative estimate of drug-likeness (QED) is 0.648. The van der Waals surface area contributed by atoms with Crippen molar-refractivity contribution < 1.29 is 9.72 Å². The maximum absolute atomic E-state index is 12.1. The molecule has 2 rings (SSSR count). The molecule has 1 aliphatic rings. The van der Waals surface area contributed by atoms with Crippen LogP contribution >= 0.6 is 11.6 Å². The van der Waals surface area contributed by atoms with Crippen LogP contribution in [0.3, 0.4) is 0 Å². The monoisotopic (exact) mass is 269 g/mol. The molecule has 1 aliphatic heterocycles. The van der Waals surface area contributed by atoms with E-state index >= 15 is 0 Å². The molecule has 1 N–H and O–H groups in total. The molecule has 1 aromatic carbocycles. The van der Waals surface area contributed by atoms with Gasteiger partial charge in [0.1, 0.15) is 5.02 Å². The van der Waals surface area contributed by atoms with Gasteiger partial charge in [-0.15, -0.1) is 0 Å². The first-order chi connectivity index (χ1) is 8.59. The molecule has 0 saturated carbocycles. The van der Waals surface area contributed by atoms with Gasteiger partial charge in [0, 0.05) is 37.8 Å². The van der Waals surface area contributed by atoms with Crippen molar-refractivity contribution >= 4 is 23.2 Å². The first-order valence-electron chi connectivity index (χ1n) is 5.53. The van der Waals surface area contributed by atoms with E-state index in [1.54, 1.807) is 4.90 Å². The summed E-state index contributed by atoms with van der Waals surface area (Å²) in [6, 6.07) is 4.13. The summed E-state index contributed by atoms with van der Waals surface area (Å²) in [5.74, 6) is -0.198. The molecule has 96 valence electrons. The molecule has 1 saturated heterocycles. The fraction of sp³-hybridized carbons (Fsp3) is 0.364. The number of nitrogens with zero attached hydrogens (tertiary/aromatic N) is 2. The van der Waals surface area contributed by atoms with E-state index in [1.165, 1.54) is 18.2 Å². The minimum Gasteiger partial charge on any atom is -0.336 e. The van der Waals surface area contributed by atoms with Crippen LogP contribution < -0.4 is 5.32 Å². The molecular formula is C11H12ClN3O3. The van der Waals surface area contributed by atoms with Crippen LogP contribution in [0.4, 0.5) is 5.69 Å². The molecule has 0 spiro atoms. The highest BCUT2D eigenvalue weighted by Gasteiger charge is 2.21. The van der Waals surface area contributed by atoms with Crippen molar-refractivity contribution in [3.63, 3.8) is 0 Å². The lowest BCUT2D eigenvalue weighted by molar-refractivity contribution is -0.384. The van der Waals surface area contributed by atoms with Crippen molar-refractivity contribution in [3.05, 3.63) is 38.9 Å². The van der Waals surface area contributed by atoms with Crippen molar-refractivity contribution in [1.82, 2.24) is 10.2 Å². The molecule has 0 radical (unpaired) electrons. The normalized spacial score (nSPS) is 15.5. The second-order valence-electron chi connectivity index (χ2n) is 3.97. The molecule has 0 unspecified atom stereocenters. The van der Waals surface area contributed by atoms with Gasteiger partial charge in [-0.25, -0.2) is 0 Å². The first-order valence-corrected chi connectivity index (χ1v) is 5.91. The van der Waals surface area contributed by atoms with Gasteiger partial charge >= 0.3 is 0 Å². The molecule has 1 amide bonds. The molecule has 0 aliphatic carbocycles. The van der Waals surface area contributed by atoms with Gasteiger partial charge in [-0.2, -0.15) is 0 Å². The van der Waals surface area contributed by atoms with Crippen LogP contribution in [0, 0.1) is 10.1 Å². The summed E-state index contributed by atoms with van der Waals surface area (Å²) >= 11 is 5.71. The number of benzene rings is 1. The third-order valence-electron chi connectivity index (χ3n) is 2.79. The van der Waals surface area contributed by atoms with Gasteiger partial charge in [-0.3, -0.25) is 14.9 Å². The van der Waals surface area contributed by atoms with Crippen LogP contribution in [0.25, 0.3) is 0 Å². The Morgan fingerprint density at radius 1 is 1.39 bits per heavy atom. The highest BCUT2D eigenvalue weighted by Crippen LogP contribution is 2.25. The highest BCUT2D eigenvalue weighted by atomic mass is 35.5. The zero-order valence-electron chi connectivity index (χ0n) is 9.56. The molecule has 1 aromatic rings. The zero-order valence-corrected chi connectivity index (χ0v) is 10.3. The molecule has 0 aromatic heterocycles. The van der Waals surface area contributed by atoms with Crippen molar-refractivity contribution in [3.8, 4) is 0 Å². The maximum Gasteiger partial charge on any atom is 0.288 e. The Hall–Kier alpha value is -1.66. The number of hydrogen-bond donors (Lipinski definition) is 1. The van der Waals surface area contributed by atoms with Crippen LogP contribution in [-0.4, -0.2) is 41.9 Å². The lowest BCUT2D eigenvalue weighted by Crippen LogP contribution is -2.46. The topological polar surface area (TPSA) is 75.5 Å². The summed E-state index contributed by atoms with van der Waals surface area (Å²) < 4.78 is 0. The van der Waals surface area contributed by atoms with Gasteiger partial charge in [-0.05, 0) is 12.1 Å². The van der Waals surface area contributed by atoms with Crippen LogP contribution in [0.15, 0.2) is 18.2 Å². The van der Waals surface area contributed by atoms with E-state index in [0.29, 0.717) is 18.7 Å². The van der Waals surface area contributed by atoms with Crippen molar-refractivity contribution in [1.29, 1.82) is 0 Å². The van der Waals surface area contributed by atoms with Crippen LogP contribution in [0.1, 0.15) is 10.4 Å². The summed E-state index contributed by atoms with van der Waals surface area (Å²) in [4.78, 5) is 24.0. The Morgan fingerprint density at radius 3 is 2.67 bits per heavy atom. The highest BCUT2D eigenvalue weighted by molar-refractivity contribution is 6.32. The number of nitrogens with one attached hydrogen (secondary N) is 1. The fourth-order valence-electron chi connectivity index (χ4n) is 1.84. The molecule has 1 fully saturated rings. The minimum absolute atomic E-state index is 0.0388. The average molecular weight is 270 g/mol.